The van der Waals surface area contributed by atoms with E-state index in [1.54, 1.807) is 11.3 Å². The van der Waals surface area contributed by atoms with Gasteiger partial charge in [-0.2, -0.15) is 0 Å². The molecule has 0 radical (unpaired) electrons. The van der Waals surface area contributed by atoms with Crippen LogP contribution in [-0.4, -0.2) is 18.1 Å². The molecule has 0 aromatic carbocycles. The molecule has 1 aromatic heterocycles. The van der Waals surface area contributed by atoms with Crippen LogP contribution in [0.2, 0.25) is 0 Å². The molecule has 0 amide bonds. The van der Waals surface area contributed by atoms with E-state index in [1.807, 2.05) is 0 Å². The second kappa shape index (κ2) is 4.07. The number of hydrogen-bond acceptors (Lipinski definition) is 4. The minimum Gasteiger partial charge on any atom is -0.362 e. The number of nitrogens with one attached hydrogen (secondary N) is 2. The Morgan fingerprint density at radius 3 is 3.38 bits per heavy atom. The van der Waals surface area contributed by atoms with Crippen LogP contribution < -0.4 is 10.6 Å². The van der Waals surface area contributed by atoms with Crippen LogP contribution in [0.5, 0.6) is 0 Å². The smallest absolute Gasteiger partial charge is 0.182 e. The second-order valence-corrected chi connectivity index (χ2v) is 4.11. The van der Waals surface area contributed by atoms with Gasteiger partial charge in [0.1, 0.15) is 0 Å². The highest BCUT2D eigenvalue weighted by atomic mass is 32.1. The molecule has 0 unspecified atom stereocenters. The fourth-order valence-electron chi connectivity index (χ4n) is 1.62. The summed E-state index contributed by atoms with van der Waals surface area (Å²) >= 11 is 1.70. The number of aromatic nitrogens is 1. The molecular formula is C9H15N3S. The van der Waals surface area contributed by atoms with Crippen molar-refractivity contribution >= 4 is 16.5 Å². The highest BCUT2D eigenvalue weighted by Crippen LogP contribution is 2.26. The van der Waals surface area contributed by atoms with Gasteiger partial charge in [-0.3, -0.25) is 0 Å². The van der Waals surface area contributed by atoms with Gasteiger partial charge in [0.05, 0.1) is 11.7 Å². The molecule has 1 saturated heterocycles. The monoisotopic (exact) mass is 197 g/mol. The fourth-order valence-corrected chi connectivity index (χ4v) is 2.45. The van der Waals surface area contributed by atoms with E-state index in [9.17, 15) is 0 Å². The van der Waals surface area contributed by atoms with Gasteiger partial charge in [0.25, 0.3) is 0 Å². The third kappa shape index (κ3) is 2.00. The van der Waals surface area contributed by atoms with Crippen molar-refractivity contribution in [1.82, 2.24) is 10.3 Å². The standard InChI is InChI=1S/C9H15N3S/c1-2-10-9-12-8(6-13-9)7-4-3-5-11-7/h6-7,11H,2-5H2,1H3,(H,10,12)/t7-/m1/s1. The van der Waals surface area contributed by atoms with Crippen LogP contribution in [0.15, 0.2) is 5.38 Å². The van der Waals surface area contributed by atoms with Crippen LogP contribution in [0.4, 0.5) is 5.13 Å². The SMILES string of the molecule is CCNc1nc([C@H]2CCCN2)cs1. The van der Waals surface area contributed by atoms with E-state index in [-0.39, 0.29) is 0 Å². The van der Waals surface area contributed by atoms with Crippen molar-refractivity contribution in [3.05, 3.63) is 11.1 Å². The van der Waals surface area contributed by atoms with Crippen molar-refractivity contribution < 1.29 is 0 Å². The first-order valence-corrected chi connectivity index (χ1v) is 5.71. The van der Waals surface area contributed by atoms with Gasteiger partial charge in [-0.15, -0.1) is 11.3 Å². The summed E-state index contributed by atoms with van der Waals surface area (Å²) in [6, 6.07) is 0.503. The predicted octanol–water partition coefficient (Wildman–Crippen LogP) is 2.00. The Balaban J connectivity index is 2.03. The minimum absolute atomic E-state index is 0.503. The molecular weight excluding hydrogens is 182 g/mol. The second-order valence-electron chi connectivity index (χ2n) is 3.26. The molecule has 1 aliphatic rings. The van der Waals surface area contributed by atoms with Gasteiger partial charge >= 0.3 is 0 Å². The molecule has 72 valence electrons. The summed E-state index contributed by atoms with van der Waals surface area (Å²) in [5, 5.41) is 9.88. The summed E-state index contributed by atoms with van der Waals surface area (Å²) in [6.45, 7) is 4.18. The Morgan fingerprint density at radius 1 is 1.77 bits per heavy atom. The van der Waals surface area contributed by atoms with Crippen LogP contribution in [0.25, 0.3) is 0 Å². The van der Waals surface area contributed by atoms with E-state index in [0.717, 1.165) is 18.2 Å². The molecule has 1 aromatic rings. The molecule has 0 spiro atoms. The number of rotatable bonds is 3. The Kier molecular flexibility index (Phi) is 2.80. The Hall–Kier alpha value is -0.610. The Bertz CT molecular complexity index is 266. The highest BCUT2D eigenvalue weighted by molar-refractivity contribution is 7.13. The lowest BCUT2D eigenvalue weighted by Gasteiger charge is -2.04. The molecule has 2 heterocycles. The topological polar surface area (TPSA) is 37.0 Å². The van der Waals surface area contributed by atoms with Crippen LogP contribution in [0, 0.1) is 0 Å². The first-order valence-electron chi connectivity index (χ1n) is 4.83. The Labute approximate surface area is 82.6 Å². The van der Waals surface area contributed by atoms with Crippen molar-refractivity contribution in [3.63, 3.8) is 0 Å². The molecule has 13 heavy (non-hydrogen) atoms. The summed E-state index contributed by atoms with van der Waals surface area (Å²) in [4.78, 5) is 4.53. The third-order valence-corrected chi connectivity index (χ3v) is 3.09. The summed E-state index contributed by atoms with van der Waals surface area (Å²) in [5.74, 6) is 0. The zero-order valence-corrected chi connectivity index (χ0v) is 8.66. The van der Waals surface area contributed by atoms with E-state index in [4.69, 9.17) is 0 Å². The van der Waals surface area contributed by atoms with E-state index in [0.29, 0.717) is 6.04 Å². The van der Waals surface area contributed by atoms with E-state index < -0.39 is 0 Å². The lowest BCUT2D eigenvalue weighted by atomic mass is 10.2. The molecule has 1 atom stereocenters. The van der Waals surface area contributed by atoms with Crippen molar-refractivity contribution in [2.45, 2.75) is 25.8 Å². The summed E-state index contributed by atoms with van der Waals surface area (Å²) < 4.78 is 0. The summed E-state index contributed by atoms with van der Waals surface area (Å²) in [5.41, 5.74) is 1.21. The average Bonchev–Trinajstić information content (AvgIpc) is 2.70. The molecule has 1 aliphatic heterocycles. The van der Waals surface area contributed by atoms with E-state index in [1.165, 1.54) is 18.5 Å². The van der Waals surface area contributed by atoms with Gasteiger partial charge < -0.3 is 10.6 Å². The predicted molar refractivity (Wildman–Crippen MR) is 56.3 cm³/mol. The van der Waals surface area contributed by atoms with Gasteiger partial charge in [0.2, 0.25) is 0 Å². The number of hydrogen-bond donors (Lipinski definition) is 2. The third-order valence-electron chi connectivity index (χ3n) is 2.27. The van der Waals surface area contributed by atoms with Gasteiger partial charge in [-0.25, -0.2) is 4.98 Å². The maximum Gasteiger partial charge on any atom is 0.182 e. The minimum atomic E-state index is 0.503. The number of anilines is 1. The Morgan fingerprint density at radius 2 is 2.69 bits per heavy atom. The maximum atomic E-state index is 4.53. The van der Waals surface area contributed by atoms with E-state index >= 15 is 0 Å². The van der Waals surface area contributed by atoms with Crippen LogP contribution >= 0.6 is 11.3 Å². The molecule has 4 heteroatoms. The van der Waals surface area contributed by atoms with Gasteiger partial charge in [0.15, 0.2) is 5.13 Å². The largest absolute Gasteiger partial charge is 0.362 e. The van der Waals surface area contributed by atoms with E-state index in [2.05, 4.69) is 27.9 Å². The van der Waals surface area contributed by atoms with Crippen molar-refractivity contribution in [1.29, 1.82) is 0 Å². The molecule has 1 fully saturated rings. The van der Waals surface area contributed by atoms with Crippen LogP contribution in [0.3, 0.4) is 0 Å². The molecule has 0 saturated carbocycles. The van der Waals surface area contributed by atoms with Gasteiger partial charge in [-0.05, 0) is 26.3 Å². The highest BCUT2D eigenvalue weighted by Gasteiger charge is 2.18. The lowest BCUT2D eigenvalue weighted by Crippen LogP contribution is -2.13. The van der Waals surface area contributed by atoms with Crippen molar-refractivity contribution in [3.8, 4) is 0 Å². The lowest BCUT2D eigenvalue weighted by molar-refractivity contribution is 0.632. The molecule has 0 aliphatic carbocycles. The van der Waals surface area contributed by atoms with Crippen LogP contribution in [0.1, 0.15) is 31.5 Å². The quantitative estimate of drug-likeness (QED) is 0.778. The fraction of sp³-hybridized carbons (Fsp3) is 0.667. The normalized spacial score (nSPS) is 22.1. The van der Waals surface area contributed by atoms with Crippen molar-refractivity contribution in [2.24, 2.45) is 0 Å². The number of nitrogens with zero attached hydrogens (tertiary/aromatic N) is 1. The average molecular weight is 197 g/mol. The van der Waals surface area contributed by atoms with Gasteiger partial charge in [0, 0.05) is 11.9 Å². The molecule has 3 nitrogen and oxygen atoms in total. The maximum absolute atomic E-state index is 4.53. The zero-order chi connectivity index (χ0) is 9.10. The first kappa shape index (κ1) is 8.97. The zero-order valence-electron chi connectivity index (χ0n) is 7.84. The molecule has 0 bridgehead atoms. The van der Waals surface area contributed by atoms with Gasteiger partial charge in [-0.1, -0.05) is 0 Å². The first-order chi connectivity index (χ1) is 6.40. The number of thiazole rings is 1. The summed E-state index contributed by atoms with van der Waals surface area (Å²) in [6.07, 6.45) is 2.51. The molecule has 2 rings (SSSR count). The van der Waals surface area contributed by atoms with Crippen molar-refractivity contribution in [2.75, 3.05) is 18.4 Å². The summed E-state index contributed by atoms with van der Waals surface area (Å²) in [7, 11) is 0. The molecule has 2 N–H and O–H groups in total. The van der Waals surface area contributed by atoms with Crippen LogP contribution in [-0.2, 0) is 0 Å².